The van der Waals surface area contributed by atoms with Crippen molar-refractivity contribution in [3.8, 4) is 0 Å². The zero-order chi connectivity index (χ0) is 14.4. The van der Waals surface area contributed by atoms with Crippen molar-refractivity contribution in [2.24, 2.45) is 5.73 Å². The van der Waals surface area contributed by atoms with Gasteiger partial charge in [-0.3, -0.25) is 14.6 Å². The quantitative estimate of drug-likeness (QED) is 0.710. The predicted octanol–water partition coefficient (Wildman–Crippen LogP) is -0.263. The molecule has 3 N–H and O–H groups in total. The highest BCUT2D eigenvalue weighted by Gasteiger charge is 2.13. The second-order valence-electron chi connectivity index (χ2n) is 3.81. The lowest BCUT2D eigenvalue weighted by Crippen LogP contribution is -2.35. The maximum Gasteiger partial charge on any atom is 0.328 e. The molecule has 1 rings (SSSR count). The van der Waals surface area contributed by atoms with E-state index in [0.29, 0.717) is 5.56 Å². The highest BCUT2D eigenvalue weighted by molar-refractivity contribution is 5.96. The number of nitrogens with zero attached hydrogens (tertiary/aromatic N) is 2. The van der Waals surface area contributed by atoms with Crippen LogP contribution in [0.3, 0.4) is 0 Å². The number of rotatable bonds is 5. The molecule has 0 saturated carbocycles. The predicted molar refractivity (Wildman–Crippen MR) is 67.1 cm³/mol. The molecule has 0 saturated heterocycles. The zero-order valence-electron chi connectivity index (χ0n) is 10.2. The molecular weight excluding hydrogens is 250 g/mol. The second-order valence-corrected chi connectivity index (χ2v) is 3.81. The topological polar surface area (TPSA) is 114 Å². The minimum absolute atomic E-state index is 0.200. The third-order valence-corrected chi connectivity index (χ3v) is 2.16. The zero-order valence-corrected chi connectivity index (χ0v) is 10.2. The first-order chi connectivity index (χ1) is 8.90. The molecule has 1 aromatic heterocycles. The Kier molecular flexibility index (Phi) is 4.76. The molecule has 1 heterocycles. The number of pyridine rings is 1. The Bertz CT molecular complexity index is 540. The molecule has 0 radical (unpaired) electrons. The van der Waals surface area contributed by atoms with Gasteiger partial charge in [0.05, 0.1) is 12.1 Å². The standard InChI is InChI=1S/C12H13N3O4/c1-15(7-10(13)16)12(19)9-4-8(5-14-6-9)2-3-11(17)18/h2-6H,7H2,1H3,(H2,13,16)(H,17,18). The number of likely N-dealkylation sites (N-methyl/N-ethyl adjacent to an activating group) is 1. The van der Waals surface area contributed by atoms with Gasteiger partial charge in [0.15, 0.2) is 0 Å². The Balaban J connectivity index is 2.89. The molecule has 0 atom stereocenters. The summed E-state index contributed by atoms with van der Waals surface area (Å²) in [4.78, 5) is 38.0. The van der Waals surface area contributed by atoms with Gasteiger partial charge in [0.25, 0.3) is 5.91 Å². The van der Waals surface area contributed by atoms with Crippen LogP contribution < -0.4 is 5.73 Å². The molecule has 0 spiro atoms. The van der Waals surface area contributed by atoms with Crippen molar-refractivity contribution in [1.82, 2.24) is 9.88 Å². The Morgan fingerprint density at radius 3 is 2.68 bits per heavy atom. The van der Waals surface area contributed by atoms with E-state index in [1.54, 1.807) is 0 Å². The molecule has 7 heteroatoms. The van der Waals surface area contributed by atoms with Crippen molar-refractivity contribution in [3.63, 3.8) is 0 Å². The molecule has 0 bridgehead atoms. The lowest BCUT2D eigenvalue weighted by atomic mass is 10.2. The van der Waals surface area contributed by atoms with Crippen LogP contribution in [-0.2, 0) is 9.59 Å². The van der Waals surface area contributed by atoms with E-state index in [4.69, 9.17) is 10.8 Å². The van der Waals surface area contributed by atoms with Gasteiger partial charge in [-0.2, -0.15) is 0 Å². The molecule has 0 aliphatic heterocycles. The number of carbonyl (C=O) groups excluding carboxylic acids is 2. The summed E-state index contributed by atoms with van der Waals surface area (Å²) < 4.78 is 0. The fraction of sp³-hybridized carbons (Fsp3) is 0.167. The largest absolute Gasteiger partial charge is 0.478 e. The number of nitrogens with two attached hydrogens (primary N) is 1. The number of hydrogen-bond donors (Lipinski definition) is 2. The Labute approximate surface area is 109 Å². The maximum absolute atomic E-state index is 11.9. The van der Waals surface area contributed by atoms with Crippen LogP contribution >= 0.6 is 0 Å². The van der Waals surface area contributed by atoms with Gasteiger partial charge in [-0.05, 0) is 17.7 Å². The highest BCUT2D eigenvalue weighted by atomic mass is 16.4. The molecule has 19 heavy (non-hydrogen) atoms. The van der Waals surface area contributed by atoms with Gasteiger partial charge in [-0.25, -0.2) is 4.79 Å². The summed E-state index contributed by atoms with van der Waals surface area (Å²) in [6.45, 7) is -0.200. The summed E-state index contributed by atoms with van der Waals surface area (Å²) in [6, 6.07) is 1.48. The van der Waals surface area contributed by atoms with Crippen LogP contribution in [0.2, 0.25) is 0 Å². The van der Waals surface area contributed by atoms with Crippen molar-refractivity contribution < 1.29 is 19.5 Å². The van der Waals surface area contributed by atoms with Crippen LogP contribution in [0.1, 0.15) is 15.9 Å². The summed E-state index contributed by atoms with van der Waals surface area (Å²) >= 11 is 0. The number of carbonyl (C=O) groups is 3. The molecule has 100 valence electrons. The van der Waals surface area contributed by atoms with Crippen LogP contribution in [0.25, 0.3) is 6.08 Å². The minimum atomic E-state index is -1.09. The molecule has 0 aliphatic carbocycles. The van der Waals surface area contributed by atoms with Gasteiger partial charge in [0.2, 0.25) is 5.91 Å². The first kappa shape index (κ1) is 14.4. The van der Waals surface area contributed by atoms with E-state index in [1.165, 1.54) is 31.6 Å². The lowest BCUT2D eigenvalue weighted by molar-refractivity contribution is -0.131. The highest BCUT2D eigenvalue weighted by Crippen LogP contribution is 2.07. The van der Waals surface area contributed by atoms with Gasteiger partial charge in [-0.15, -0.1) is 0 Å². The number of hydrogen-bond acceptors (Lipinski definition) is 4. The summed E-state index contributed by atoms with van der Waals surface area (Å²) in [5.41, 5.74) is 5.71. The molecule has 0 aliphatic rings. The number of carboxylic acid groups (broad SMARTS) is 1. The first-order valence-corrected chi connectivity index (χ1v) is 5.30. The van der Waals surface area contributed by atoms with Gasteiger partial charge < -0.3 is 15.7 Å². The van der Waals surface area contributed by atoms with E-state index in [-0.39, 0.29) is 12.1 Å². The van der Waals surface area contributed by atoms with Crippen molar-refractivity contribution in [2.45, 2.75) is 0 Å². The van der Waals surface area contributed by atoms with Crippen LogP contribution in [0.15, 0.2) is 24.5 Å². The molecule has 0 fully saturated rings. The van der Waals surface area contributed by atoms with E-state index in [1.807, 2.05) is 0 Å². The van der Waals surface area contributed by atoms with Crippen molar-refractivity contribution in [1.29, 1.82) is 0 Å². The molecule has 0 unspecified atom stereocenters. The number of primary amides is 1. The van der Waals surface area contributed by atoms with Crippen LogP contribution in [0.4, 0.5) is 0 Å². The average Bonchev–Trinajstić information content (AvgIpc) is 2.35. The SMILES string of the molecule is CN(CC(N)=O)C(=O)c1cncc(C=CC(=O)O)c1. The monoisotopic (exact) mass is 263 g/mol. The summed E-state index contributed by atoms with van der Waals surface area (Å²) in [7, 11) is 1.44. The maximum atomic E-state index is 11.9. The molecular formula is C12H13N3O4. The van der Waals surface area contributed by atoms with Gasteiger partial charge in [0.1, 0.15) is 0 Å². The van der Waals surface area contributed by atoms with Crippen molar-refractivity contribution in [2.75, 3.05) is 13.6 Å². The minimum Gasteiger partial charge on any atom is -0.478 e. The second kappa shape index (κ2) is 6.29. The fourth-order valence-corrected chi connectivity index (χ4v) is 1.36. The fourth-order valence-electron chi connectivity index (χ4n) is 1.36. The Morgan fingerprint density at radius 2 is 2.11 bits per heavy atom. The smallest absolute Gasteiger partial charge is 0.328 e. The van der Waals surface area contributed by atoms with Crippen molar-refractivity contribution in [3.05, 3.63) is 35.7 Å². The van der Waals surface area contributed by atoms with Gasteiger partial charge in [-0.1, -0.05) is 0 Å². The molecule has 7 nitrogen and oxygen atoms in total. The number of carboxylic acids is 1. The summed E-state index contributed by atoms with van der Waals surface area (Å²) in [5, 5.41) is 8.51. The van der Waals surface area contributed by atoms with Crippen LogP contribution in [0, 0.1) is 0 Å². The van der Waals surface area contributed by atoms with Crippen molar-refractivity contribution >= 4 is 23.9 Å². The summed E-state index contributed by atoms with van der Waals surface area (Å²) in [5.74, 6) is -2.13. The van der Waals surface area contributed by atoms with E-state index < -0.39 is 17.8 Å². The number of amides is 2. The third-order valence-electron chi connectivity index (χ3n) is 2.16. The average molecular weight is 263 g/mol. The summed E-state index contributed by atoms with van der Waals surface area (Å²) in [6.07, 6.45) is 5.01. The number of aromatic nitrogens is 1. The Morgan fingerprint density at radius 1 is 1.42 bits per heavy atom. The van der Waals surface area contributed by atoms with E-state index >= 15 is 0 Å². The normalized spacial score (nSPS) is 10.4. The molecule has 0 aromatic carbocycles. The van der Waals surface area contributed by atoms with Crippen LogP contribution in [-0.4, -0.2) is 46.4 Å². The van der Waals surface area contributed by atoms with Gasteiger partial charge >= 0.3 is 5.97 Å². The molecule has 2 amide bonds. The van der Waals surface area contributed by atoms with E-state index in [0.717, 1.165) is 11.0 Å². The van der Waals surface area contributed by atoms with E-state index in [9.17, 15) is 14.4 Å². The first-order valence-electron chi connectivity index (χ1n) is 5.30. The number of aliphatic carboxylic acids is 1. The third kappa shape index (κ3) is 4.58. The molecule has 1 aromatic rings. The van der Waals surface area contributed by atoms with Gasteiger partial charge in [0, 0.05) is 25.5 Å². The van der Waals surface area contributed by atoms with Crippen LogP contribution in [0.5, 0.6) is 0 Å². The van der Waals surface area contributed by atoms with E-state index in [2.05, 4.69) is 4.98 Å². The lowest BCUT2D eigenvalue weighted by Gasteiger charge is -2.14. The Hall–Kier alpha value is -2.70.